The number of likely N-dealkylation sites (tertiary alicyclic amines) is 2. The Balaban J connectivity index is 0.000000233. The fraction of sp³-hybridized carbons (Fsp3) is 0.388. The number of nitrogens with zero attached hydrogens (tertiary/aromatic N) is 12. The predicted octanol–water partition coefficient (Wildman–Crippen LogP) is 4.74. The normalized spacial score (nSPS) is 15.0. The molecular formula is C49H56Cl2LiN15O3. The third-order valence-electron chi connectivity index (χ3n) is 11.9. The van der Waals surface area contributed by atoms with E-state index in [9.17, 15) is 14.7 Å². The number of benzene rings is 2. The fourth-order valence-electron chi connectivity index (χ4n) is 7.53. The quantitative estimate of drug-likeness (QED) is 0.0985. The molecule has 2 fully saturated rings. The molecule has 6 heterocycles. The molecule has 21 heteroatoms. The van der Waals surface area contributed by atoms with Crippen molar-refractivity contribution in [3.05, 3.63) is 107 Å². The van der Waals surface area contributed by atoms with Gasteiger partial charge in [0.25, 0.3) is 0 Å². The molecule has 8 rings (SSSR count). The minimum absolute atomic E-state index is 0. The van der Waals surface area contributed by atoms with Gasteiger partial charge in [0.15, 0.2) is 5.78 Å². The molecule has 4 N–H and O–H groups in total. The average molecular weight is 981 g/mol. The van der Waals surface area contributed by atoms with E-state index in [2.05, 4.69) is 70.7 Å². The number of nitriles is 2. The van der Waals surface area contributed by atoms with Gasteiger partial charge in [-0.2, -0.15) is 20.7 Å². The molecule has 2 atom stereocenters. The van der Waals surface area contributed by atoms with Crippen molar-refractivity contribution in [3.8, 4) is 34.7 Å². The molecule has 2 aromatic carbocycles. The molecule has 0 radical (unpaired) electrons. The SMILES string of the molecule is CC[C@@H](C#N)CC(=O)c1ccc(-c2nc(Nc3cnn(C4CCN(C)CC4)c3)ncc2Cl)cc1.CC[C@H](N)C#N.CN1CCC(n2cc(Nc3ncc(Cl)c(-c4ccc(C(=O)[O-])cc4)n3)cn2)CC1.[Li+]. The first-order chi connectivity index (χ1) is 33.3. The largest absolute Gasteiger partial charge is 1.00 e. The molecule has 0 bridgehead atoms. The van der Waals surface area contributed by atoms with Crippen LogP contribution in [0.2, 0.25) is 10.0 Å². The Morgan fingerprint density at radius 3 is 1.50 bits per heavy atom. The van der Waals surface area contributed by atoms with E-state index < -0.39 is 5.97 Å². The molecule has 0 unspecified atom stereocenters. The Labute approximate surface area is 430 Å². The van der Waals surface area contributed by atoms with Crippen LogP contribution in [0, 0.1) is 28.6 Å². The number of hydrogen-bond acceptors (Lipinski definition) is 16. The van der Waals surface area contributed by atoms with Crippen LogP contribution in [-0.4, -0.2) is 107 Å². The number of Topliss-reactive ketones (excluding diaryl/α,β-unsaturated/α-hetero) is 1. The Hall–Kier alpha value is -6.20. The number of hydrogen-bond donors (Lipinski definition) is 3. The van der Waals surface area contributed by atoms with Crippen molar-refractivity contribution in [2.24, 2.45) is 11.7 Å². The van der Waals surface area contributed by atoms with Crippen LogP contribution in [0.3, 0.4) is 0 Å². The summed E-state index contributed by atoms with van der Waals surface area (Å²) in [5.74, 6) is -0.730. The number of nitrogens with two attached hydrogens (primary N) is 1. The molecule has 0 aliphatic carbocycles. The number of carboxylic acid groups (broad SMARTS) is 1. The number of aromatic carboxylic acids is 1. The number of aromatic nitrogens is 8. The van der Waals surface area contributed by atoms with Gasteiger partial charge in [-0.1, -0.05) is 85.6 Å². The van der Waals surface area contributed by atoms with Crippen LogP contribution in [0.4, 0.5) is 23.3 Å². The van der Waals surface area contributed by atoms with Crippen LogP contribution in [0.1, 0.15) is 91.6 Å². The first-order valence-corrected chi connectivity index (χ1v) is 23.6. The molecular weight excluding hydrogens is 924 g/mol. The van der Waals surface area contributed by atoms with Crippen LogP contribution in [0.5, 0.6) is 0 Å². The minimum Gasteiger partial charge on any atom is -0.545 e. The minimum atomic E-state index is -1.23. The summed E-state index contributed by atoms with van der Waals surface area (Å²) in [4.78, 5) is 45.6. The predicted molar refractivity (Wildman–Crippen MR) is 264 cm³/mol. The number of nitrogens with one attached hydrogen (secondary N) is 2. The third-order valence-corrected chi connectivity index (χ3v) is 12.5. The van der Waals surface area contributed by atoms with Crippen LogP contribution in [0.25, 0.3) is 22.5 Å². The van der Waals surface area contributed by atoms with Gasteiger partial charge in [-0.15, -0.1) is 0 Å². The Kier molecular flexibility index (Phi) is 20.9. The zero-order valence-electron chi connectivity index (χ0n) is 40.1. The van der Waals surface area contributed by atoms with Gasteiger partial charge >= 0.3 is 18.9 Å². The van der Waals surface area contributed by atoms with Gasteiger partial charge in [0.05, 0.1) is 99.7 Å². The molecule has 18 nitrogen and oxygen atoms in total. The summed E-state index contributed by atoms with van der Waals surface area (Å²) in [6.45, 7) is 8.06. The standard InChI is InChI=1S/C25H28ClN7O.C20H21ClN6O2.C4H8N2.Li/c1-3-17(13-27)12-23(34)18-4-6-19(7-5-18)24-22(26)15-28-25(31-24)30-20-14-29-33(16-20)21-8-10-32(2)11-9-21;1-26-8-6-16(7-9-26)27-12-15(10-23-27)24-20-22-11-17(21)18(25-20)13-2-4-14(5-3-13)19(28)29;1-2-4(6)3-5;/h4-7,14-17,21H,3,8-12H2,1-2H3,(H,28,30,31);2-5,10-12,16H,6-9H2,1H3,(H,28,29)(H,22,24,25);4H,2,6H2,1H3;/q;;;+1/p-1/t17-;;4-;/m1.0./s1. The van der Waals surface area contributed by atoms with Gasteiger partial charge in [-0.25, -0.2) is 19.9 Å². The molecule has 2 saturated heterocycles. The molecule has 360 valence electrons. The van der Waals surface area contributed by atoms with Crippen molar-refractivity contribution in [1.82, 2.24) is 49.3 Å². The number of carbonyl (C=O) groups is 2. The third kappa shape index (κ3) is 15.4. The van der Waals surface area contributed by atoms with Crippen molar-refractivity contribution in [2.45, 2.75) is 76.9 Å². The van der Waals surface area contributed by atoms with E-state index in [-0.39, 0.29) is 48.6 Å². The molecule has 0 saturated carbocycles. The van der Waals surface area contributed by atoms with Crippen LogP contribution >= 0.6 is 23.2 Å². The molecule has 6 aromatic rings. The first-order valence-electron chi connectivity index (χ1n) is 22.8. The number of rotatable bonds is 14. The van der Waals surface area contributed by atoms with Gasteiger partial charge < -0.3 is 36.1 Å². The van der Waals surface area contributed by atoms with E-state index in [1.165, 1.54) is 18.3 Å². The number of carbonyl (C=O) groups excluding carboxylic acids is 2. The van der Waals surface area contributed by atoms with E-state index in [0.717, 1.165) is 75.2 Å². The Morgan fingerprint density at radius 2 is 1.14 bits per heavy atom. The number of carboxylic acids is 1. The molecule has 2 aliphatic heterocycles. The van der Waals surface area contributed by atoms with E-state index in [1.807, 2.05) is 53.8 Å². The second kappa shape index (κ2) is 26.7. The number of halogens is 2. The Bertz CT molecular complexity index is 2720. The second-order valence-electron chi connectivity index (χ2n) is 17.0. The first kappa shape index (κ1) is 54.7. The van der Waals surface area contributed by atoms with Crippen molar-refractivity contribution in [2.75, 3.05) is 50.9 Å². The summed E-state index contributed by atoms with van der Waals surface area (Å²) < 4.78 is 4.00. The van der Waals surface area contributed by atoms with Crippen LogP contribution in [0.15, 0.2) is 85.7 Å². The summed E-state index contributed by atoms with van der Waals surface area (Å²) in [6.07, 6.45) is 16.5. The maximum absolute atomic E-state index is 12.5. The molecule has 70 heavy (non-hydrogen) atoms. The average Bonchev–Trinajstić information content (AvgIpc) is 4.05. The summed E-state index contributed by atoms with van der Waals surface area (Å²) in [7, 11) is 4.28. The van der Waals surface area contributed by atoms with E-state index in [4.69, 9.17) is 39.5 Å². The van der Waals surface area contributed by atoms with Crippen molar-refractivity contribution in [3.63, 3.8) is 0 Å². The van der Waals surface area contributed by atoms with Gasteiger partial charge in [-0.3, -0.25) is 14.2 Å². The summed E-state index contributed by atoms with van der Waals surface area (Å²) >= 11 is 12.6. The maximum atomic E-state index is 12.5. The van der Waals surface area contributed by atoms with E-state index in [1.54, 1.807) is 42.9 Å². The Morgan fingerprint density at radius 1 is 0.714 bits per heavy atom. The molecule has 0 amide bonds. The van der Waals surface area contributed by atoms with Crippen LogP contribution in [-0.2, 0) is 0 Å². The molecule has 0 spiro atoms. The zero-order chi connectivity index (χ0) is 49.5. The van der Waals surface area contributed by atoms with Crippen molar-refractivity contribution in [1.29, 1.82) is 10.5 Å². The van der Waals surface area contributed by atoms with Gasteiger partial charge in [0.2, 0.25) is 11.9 Å². The second-order valence-corrected chi connectivity index (χ2v) is 17.8. The van der Waals surface area contributed by atoms with Crippen molar-refractivity contribution >= 4 is 58.2 Å². The zero-order valence-corrected chi connectivity index (χ0v) is 41.6. The molecule has 2 aliphatic rings. The summed E-state index contributed by atoms with van der Waals surface area (Å²) in [5, 5.41) is 44.2. The number of anilines is 4. The topological polar surface area (TPSA) is 249 Å². The van der Waals surface area contributed by atoms with E-state index >= 15 is 0 Å². The van der Waals surface area contributed by atoms with Gasteiger partial charge in [0, 0.05) is 35.5 Å². The fourth-order valence-corrected chi connectivity index (χ4v) is 7.93. The van der Waals surface area contributed by atoms with Gasteiger partial charge in [-0.05, 0) is 84.4 Å². The number of ketones is 1. The molecule has 4 aromatic heterocycles. The van der Waals surface area contributed by atoms with Gasteiger partial charge in [0.1, 0.15) is 0 Å². The summed E-state index contributed by atoms with van der Waals surface area (Å²) in [5.41, 5.74) is 9.94. The van der Waals surface area contributed by atoms with E-state index in [0.29, 0.717) is 63.0 Å². The maximum Gasteiger partial charge on any atom is 1.00 e. The van der Waals surface area contributed by atoms with Crippen LogP contribution < -0.4 is 40.3 Å². The smallest absolute Gasteiger partial charge is 0.545 e. The summed E-state index contributed by atoms with van der Waals surface area (Å²) in [6, 6.07) is 17.9. The van der Waals surface area contributed by atoms with Crippen molar-refractivity contribution < 1.29 is 33.6 Å². The monoisotopic (exact) mass is 979 g/mol. The number of piperidine rings is 2.